The van der Waals surface area contributed by atoms with E-state index in [1.807, 2.05) is 6.07 Å². The average molecular weight is 271 g/mol. The van der Waals surface area contributed by atoms with Crippen molar-refractivity contribution in [3.05, 3.63) is 59.4 Å². The summed E-state index contributed by atoms with van der Waals surface area (Å²) in [7, 11) is 1.69. The maximum Gasteiger partial charge on any atom is 0.254 e. The standard InChI is InChI=1S/C15H17N3O2/c1-18(10-12-4-2-3-5-14(12)19)15(20)11-6-7-17-13(8-11)9-16/h2-8,19H,9-10,16H2,1H3. The highest BCUT2D eigenvalue weighted by molar-refractivity contribution is 5.94. The Bertz CT molecular complexity index is 614. The number of carbonyl (C=O) groups is 1. The zero-order valence-corrected chi connectivity index (χ0v) is 11.3. The third kappa shape index (κ3) is 3.13. The number of aromatic nitrogens is 1. The lowest BCUT2D eigenvalue weighted by Crippen LogP contribution is -2.26. The Morgan fingerprint density at radius 3 is 2.80 bits per heavy atom. The number of nitrogens with zero attached hydrogens (tertiary/aromatic N) is 2. The number of benzene rings is 1. The van der Waals surface area contributed by atoms with E-state index in [9.17, 15) is 9.90 Å². The number of hydrogen-bond donors (Lipinski definition) is 2. The van der Waals surface area contributed by atoms with Gasteiger partial charge >= 0.3 is 0 Å². The molecule has 5 heteroatoms. The second-order valence-electron chi connectivity index (χ2n) is 4.53. The van der Waals surface area contributed by atoms with Crippen LogP contribution in [0.15, 0.2) is 42.6 Å². The number of amides is 1. The zero-order valence-electron chi connectivity index (χ0n) is 11.3. The van der Waals surface area contributed by atoms with Crippen LogP contribution in [-0.4, -0.2) is 27.9 Å². The average Bonchev–Trinajstić information content (AvgIpc) is 2.48. The number of phenols is 1. The number of nitrogens with two attached hydrogens (primary N) is 1. The predicted octanol–water partition coefficient (Wildman–Crippen LogP) is 1.52. The molecule has 0 spiro atoms. The van der Waals surface area contributed by atoms with Crippen LogP contribution in [0, 0.1) is 0 Å². The van der Waals surface area contributed by atoms with Crippen LogP contribution in [0.2, 0.25) is 0 Å². The van der Waals surface area contributed by atoms with Gasteiger partial charge in [-0.15, -0.1) is 0 Å². The molecule has 0 bridgehead atoms. The van der Waals surface area contributed by atoms with Crippen LogP contribution in [0.25, 0.3) is 0 Å². The molecule has 0 saturated heterocycles. The van der Waals surface area contributed by atoms with Crippen LogP contribution >= 0.6 is 0 Å². The third-order valence-electron chi connectivity index (χ3n) is 3.02. The molecule has 0 fully saturated rings. The number of para-hydroxylation sites is 1. The summed E-state index contributed by atoms with van der Waals surface area (Å²) in [6, 6.07) is 10.3. The van der Waals surface area contributed by atoms with Gasteiger partial charge in [0, 0.05) is 37.5 Å². The van der Waals surface area contributed by atoms with Gasteiger partial charge in [0.05, 0.1) is 5.69 Å². The maximum absolute atomic E-state index is 12.3. The Morgan fingerprint density at radius 2 is 2.10 bits per heavy atom. The Kier molecular flexibility index (Phi) is 4.32. The van der Waals surface area contributed by atoms with Crippen molar-refractivity contribution >= 4 is 5.91 Å². The van der Waals surface area contributed by atoms with Crippen molar-refractivity contribution in [1.82, 2.24) is 9.88 Å². The molecule has 0 aliphatic carbocycles. The lowest BCUT2D eigenvalue weighted by atomic mass is 10.1. The molecule has 1 aromatic carbocycles. The van der Waals surface area contributed by atoms with Gasteiger partial charge in [-0.05, 0) is 18.2 Å². The van der Waals surface area contributed by atoms with E-state index in [0.29, 0.717) is 29.9 Å². The van der Waals surface area contributed by atoms with Crippen LogP contribution in [0.3, 0.4) is 0 Å². The highest BCUT2D eigenvalue weighted by atomic mass is 16.3. The molecule has 20 heavy (non-hydrogen) atoms. The molecule has 0 atom stereocenters. The minimum absolute atomic E-state index is 0.134. The fraction of sp³-hybridized carbons (Fsp3) is 0.200. The summed E-state index contributed by atoms with van der Waals surface area (Å²) >= 11 is 0. The van der Waals surface area contributed by atoms with Gasteiger partial charge in [0.2, 0.25) is 0 Å². The largest absolute Gasteiger partial charge is 0.508 e. The fourth-order valence-corrected chi connectivity index (χ4v) is 1.92. The molecule has 1 aromatic heterocycles. The Labute approximate surface area is 117 Å². The van der Waals surface area contributed by atoms with Gasteiger partial charge in [-0.25, -0.2) is 0 Å². The Balaban J connectivity index is 2.14. The lowest BCUT2D eigenvalue weighted by Gasteiger charge is -2.18. The highest BCUT2D eigenvalue weighted by Gasteiger charge is 2.14. The lowest BCUT2D eigenvalue weighted by molar-refractivity contribution is 0.0784. The zero-order chi connectivity index (χ0) is 14.5. The first-order chi connectivity index (χ1) is 9.61. The SMILES string of the molecule is CN(Cc1ccccc1O)C(=O)c1ccnc(CN)c1. The molecule has 2 aromatic rings. The van der Waals surface area contributed by atoms with E-state index in [2.05, 4.69) is 4.98 Å². The van der Waals surface area contributed by atoms with E-state index < -0.39 is 0 Å². The molecule has 3 N–H and O–H groups in total. The first kappa shape index (κ1) is 14.0. The number of hydrogen-bond acceptors (Lipinski definition) is 4. The van der Waals surface area contributed by atoms with Crippen LogP contribution in [0.1, 0.15) is 21.6 Å². The molecule has 0 aliphatic rings. The van der Waals surface area contributed by atoms with Crippen LogP contribution in [0.5, 0.6) is 5.75 Å². The van der Waals surface area contributed by atoms with Crippen molar-refractivity contribution in [3.8, 4) is 5.75 Å². The number of phenolic OH excluding ortho intramolecular Hbond substituents is 1. The molecule has 1 amide bonds. The summed E-state index contributed by atoms with van der Waals surface area (Å²) in [5, 5.41) is 9.73. The molecule has 0 radical (unpaired) electrons. The number of carbonyl (C=O) groups excluding carboxylic acids is 1. The van der Waals surface area contributed by atoms with Crippen molar-refractivity contribution in [2.45, 2.75) is 13.1 Å². The summed E-state index contributed by atoms with van der Waals surface area (Å²) in [4.78, 5) is 17.9. The van der Waals surface area contributed by atoms with Gasteiger partial charge in [-0.3, -0.25) is 9.78 Å². The van der Waals surface area contributed by atoms with Crippen LogP contribution in [0.4, 0.5) is 0 Å². The van der Waals surface area contributed by atoms with Crippen LogP contribution < -0.4 is 5.73 Å². The Hall–Kier alpha value is -2.40. The van der Waals surface area contributed by atoms with E-state index in [0.717, 1.165) is 0 Å². The van der Waals surface area contributed by atoms with Crippen molar-refractivity contribution in [2.24, 2.45) is 5.73 Å². The van der Waals surface area contributed by atoms with Gasteiger partial charge in [0.1, 0.15) is 5.75 Å². The Morgan fingerprint density at radius 1 is 1.35 bits per heavy atom. The van der Waals surface area contributed by atoms with Gasteiger partial charge < -0.3 is 15.7 Å². The van der Waals surface area contributed by atoms with E-state index in [-0.39, 0.29) is 11.7 Å². The minimum Gasteiger partial charge on any atom is -0.508 e. The molecule has 0 saturated carbocycles. The number of rotatable bonds is 4. The minimum atomic E-state index is -0.134. The molecule has 5 nitrogen and oxygen atoms in total. The quantitative estimate of drug-likeness (QED) is 0.883. The number of aromatic hydroxyl groups is 1. The molecule has 2 rings (SSSR count). The second kappa shape index (κ2) is 6.16. The first-order valence-corrected chi connectivity index (χ1v) is 6.29. The number of pyridine rings is 1. The first-order valence-electron chi connectivity index (χ1n) is 6.29. The van der Waals surface area contributed by atoms with Crippen molar-refractivity contribution in [2.75, 3.05) is 7.05 Å². The van der Waals surface area contributed by atoms with Crippen molar-refractivity contribution in [3.63, 3.8) is 0 Å². The second-order valence-corrected chi connectivity index (χ2v) is 4.53. The molecule has 104 valence electrons. The predicted molar refractivity (Wildman–Crippen MR) is 76.0 cm³/mol. The van der Waals surface area contributed by atoms with Gasteiger partial charge in [-0.2, -0.15) is 0 Å². The summed E-state index contributed by atoms with van der Waals surface area (Å²) < 4.78 is 0. The van der Waals surface area contributed by atoms with Gasteiger partial charge in [0.15, 0.2) is 0 Å². The van der Waals surface area contributed by atoms with Crippen molar-refractivity contribution < 1.29 is 9.90 Å². The summed E-state index contributed by atoms with van der Waals surface area (Å²) in [5.74, 6) is 0.0508. The third-order valence-corrected chi connectivity index (χ3v) is 3.02. The smallest absolute Gasteiger partial charge is 0.254 e. The van der Waals surface area contributed by atoms with E-state index >= 15 is 0 Å². The van der Waals surface area contributed by atoms with Crippen molar-refractivity contribution in [1.29, 1.82) is 0 Å². The maximum atomic E-state index is 12.3. The van der Waals surface area contributed by atoms with Gasteiger partial charge in [-0.1, -0.05) is 18.2 Å². The van der Waals surface area contributed by atoms with E-state index in [1.165, 1.54) is 0 Å². The normalized spacial score (nSPS) is 10.3. The molecular weight excluding hydrogens is 254 g/mol. The van der Waals surface area contributed by atoms with E-state index in [4.69, 9.17) is 5.73 Å². The van der Waals surface area contributed by atoms with Gasteiger partial charge in [0.25, 0.3) is 5.91 Å². The summed E-state index contributed by atoms with van der Waals surface area (Å²) in [5.41, 5.74) is 7.44. The molecular formula is C15H17N3O2. The van der Waals surface area contributed by atoms with Crippen LogP contribution in [-0.2, 0) is 13.1 Å². The molecule has 0 aliphatic heterocycles. The summed E-state index contributed by atoms with van der Waals surface area (Å²) in [6.07, 6.45) is 1.57. The highest BCUT2D eigenvalue weighted by Crippen LogP contribution is 2.18. The monoisotopic (exact) mass is 271 g/mol. The molecule has 0 unspecified atom stereocenters. The molecule has 1 heterocycles. The van der Waals surface area contributed by atoms with E-state index in [1.54, 1.807) is 48.5 Å². The fourth-order valence-electron chi connectivity index (χ4n) is 1.92. The summed E-state index contributed by atoms with van der Waals surface area (Å²) in [6.45, 7) is 0.635. The topological polar surface area (TPSA) is 79.5 Å².